The number of rotatable bonds is 5. The predicted molar refractivity (Wildman–Crippen MR) is 73.2 cm³/mol. The van der Waals surface area contributed by atoms with Crippen LogP contribution in [0.3, 0.4) is 0 Å². The summed E-state index contributed by atoms with van der Waals surface area (Å²) < 4.78 is 4.97. The van der Waals surface area contributed by atoms with Crippen LogP contribution in [0.2, 0.25) is 0 Å². The number of benzene rings is 1. The van der Waals surface area contributed by atoms with Crippen molar-refractivity contribution in [2.45, 2.75) is 13.8 Å². The van der Waals surface area contributed by atoms with E-state index in [2.05, 4.69) is 0 Å². The van der Waals surface area contributed by atoms with Crippen LogP contribution in [0.4, 0.5) is 4.79 Å². The molecule has 1 rings (SSSR count). The molecule has 0 radical (unpaired) electrons. The fourth-order valence-electron chi connectivity index (χ4n) is 1.52. The highest BCUT2D eigenvalue weighted by atomic mass is 16.6. The van der Waals surface area contributed by atoms with E-state index in [1.54, 1.807) is 12.1 Å². The quantitative estimate of drug-likeness (QED) is 0.565. The van der Waals surface area contributed by atoms with E-state index < -0.39 is 6.09 Å². The second-order valence-electron chi connectivity index (χ2n) is 4.02. The highest BCUT2D eigenvalue weighted by Crippen LogP contribution is 2.00. The molecule has 0 heterocycles. The summed E-state index contributed by atoms with van der Waals surface area (Å²) in [6.45, 7) is 4.68. The Morgan fingerprint density at radius 1 is 1.17 bits per heavy atom. The van der Waals surface area contributed by atoms with E-state index in [9.17, 15) is 9.59 Å². The Balaban J connectivity index is 2.51. The molecule has 0 N–H and O–H groups in total. The summed E-state index contributed by atoms with van der Waals surface area (Å²) in [6, 6.07) is 7.20. The molecule has 5 heteroatoms. The summed E-state index contributed by atoms with van der Waals surface area (Å²) in [5.41, 5.74) is 1.65. The van der Waals surface area contributed by atoms with E-state index in [1.807, 2.05) is 33.8 Å². The van der Waals surface area contributed by atoms with Gasteiger partial charge in [0.15, 0.2) is 12.4 Å². The van der Waals surface area contributed by atoms with Crippen molar-refractivity contribution in [1.82, 2.24) is 4.90 Å². The van der Waals surface area contributed by atoms with Gasteiger partial charge in [-0.25, -0.2) is 4.79 Å². The number of nitrogens with zero attached hydrogens (tertiary/aromatic N) is 1. The van der Waals surface area contributed by atoms with Crippen LogP contribution >= 0.6 is 0 Å². The van der Waals surface area contributed by atoms with Crippen molar-refractivity contribution in [3.8, 4) is 0 Å². The molecule has 1 aromatic rings. The summed E-state index contributed by atoms with van der Waals surface area (Å²) in [6.07, 6.45) is -0.444. The van der Waals surface area contributed by atoms with Gasteiger partial charge in [0, 0.05) is 18.7 Å². The average Bonchev–Trinajstić information content (AvgIpc) is 2.38. The van der Waals surface area contributed by atoms with Crippen LogP contribution in [-0.4, -0.2) is 44.3 Å². The first-order chi connectivity index (χ1) is 8.58. The molecule has 0 fully saturated rings. The molecular weight excluding hydrogens is 229 g/mol. The summed E-state index contributed by atoms with van der Waals surface area (Å²) in [7, 11) is 1.95. The van der Waals surface area contributed by atoms with Crippen molar-refractivity contribution < 1.29 is 14.3 Å². The first-order valence-electron chi connectivity index (χ1n) is 6.10. The van der Waals surface area contributed by atoms with E-state index in [1.165, 1.54) is 4.90 Å². The molecule has 0 unspecified atom stereocenters. The van der Waals surface area contributed by atoms with Crippen molar-refractivity contribution in [1.29, 1.82) is 0 Å². The van der Waals surface area contributed by atoms with Gasteiger partial charge in [0.25, 0.3) is 0 Å². The fourth-order valence-corrected chi connectivity index (χ4v) is 1.52. The molecule has 96 valence electrons. The molecule has 0 aliphatic rings. The number of ketones is 1. The van der Waals surface area contributed by atoms with E-state index in [0.29, 0.717) is 18.7 Å². The summed E-state index contributed by atoms with van der Waals surface area (Å²) in [5.74, 6) is -0.185. The molecular formula is C13H18BNO3. The maximum atomic E-state index is 11.8. The molecule has 0 spiro atoms. The Hall–Kier alpha value is -1.78. The standard InChI is InChI=1S/C13H18BNO3/c1-3-15(4-2)13(17)18-9-12(16)10-5-7-11(14)8-6-10/h5-8H,3-4,9,14H2,1-2H3. The van der Waals surface area contributed by atoms with E-state index in [-0.39, 0.29) is 12.4 Å². The first kappa shape index (κ1) is 14.3. The lowest BCUT2D eigenvalue weighted by Crippen LogP contribution is -2.32. The summed E-state index contributed by atoms with van der Waals surface area (Å²) in [4.78, 5) is 24.8. The van der Waals surface area contributed by atoms with Gasteiger partial charge < -0.3 is 9.64 Å². The average molecular weight is 247 g/mol. The first-order valence-corrected chi connectivity index (χ1v) is 6.10. The SMILES string of the molecule is Bc1ccc(C(=O)COC(=O)N(CC)CC)cc1. The molecule has 1 aromatic carbocycles. The second-order valence-corrected chi connectivity index (χ2v) is 4.02. The highest BCUT2D eigenvalue weighted by molar-refractivity contribution is 6.32. The third-order valence-corrected chi connectivity index (χ3v) is 2.72. The van der Waals surface area contributed by atoms with Gasteiger partial charge in [-0.3, -0.25) is 4.79 Å². The van der Waals surface area contributed by atoms with Crippen molar-refractivity contribution >= 4 is 25.2 Å². The molecule has 0 aliphatic carbocycles. The monoisotopic (exact) mass is 247 g/mol. The largest absolute Gasteiger partial charge is 0.441 e. The molecule has 1 amide bonds. The Morgan fingerprint density at radius 3 is 2.22 bits per heavy atom. The lowest BCUT2D eigenvalue weighted by Gasteiger charge is -2.17. The van der Waals surface area contributed by atoms with Gasteiger partial charge >= 0.3 is 6.09 Å². The van der Waals surface area contributed by atoms with Gasteiger partial charge in [0.05, 0.1) is 0 Å². The zero-order valence-electron chi connectivity index (χ0n) is 11.1. The highest BCUT2D eigenvalue weighted by Gasteiger charge is 2.13. The Bertz CT molecular complexity index is 413. The number of carbonyl (C=O) groups excluding carboxylic acids is 2. The third-order valence-electron chi connectivity index (χ3n) is 2.72. The second kappa shape index (κ2) is 6.84. The molecule has 0 atom stereocenters. The molecule has 0 saturated heterocycles. The van der Waals surface area contributed by atoms with Crippen molar-refractivity contribution in [2.75, 3.05) is 19.7 Å². The van der Waals surface area contributed by atoms with Crippen LogP contribution in [0.5, 0.6) is 0 Å². The van der Waals surface area contributed by atoms with Crippen molar-refractivity contribution in [2.24, 2.45) is 0 Å². The molecule has 18 heavy (non-hydrogen) atoms. The Kier molecular flexibility index (Phi) is 5.43. The summed E-state index contributed by atoms with van der Waals surface area (Å²) >= 11 is 0. The number of ether oxygens (including phenoxy) is 1. The maximum Gasteiger partial charge on any atom is 0.410 e. The fraction of sp³-hybridized carbons (Fsp3) is 0.385. The normalized spacial score (nSPS) is 9.89. The minimum Gasteiger partial charge on any atom is -0.441 e. The molecule has 0 aliphatic heterocycles. The Morgan fingerprint density at radius 2 is 1.72 bits per heavy atom. The minimum atomic E-state index is -0.444. The topological polar surface area (TPSA) is 46.6 Å². The number of Topliss-reactive ketones (excluding diaryl/α,β-unsaturated/α-hetero) is 1. The number of carbonyl (C=O) groups is 2. The van der Waals surface area contributed by atoms with Crippen LogP contribution in [-0.2, 0) is 4.74 Å². The van der Waals surface area contributed by atoms with Crippen molar-refractivity contribution in [3.63, 3.8) is 0 Å². The van der Waals surface area contributed by atoms with Crippen LogP contribution in [0.15, 0.2) is 24.3 Å². The van der Waals surface area contributed by atoms with Gasteiger partial charge in [0.1, 0.15) is 7.85 Å². The van der Waals surface area contributed by atoms with Crippen LogP contribution in [0, 0.1) is 0 Å². The summed E-state index contributed by atoms with van der Waals surface area (Å²) in [5, 5.41) is 0. The minimum absolute atomic E-state index is 0.185. The maximum absolute atomic E-state index is 11.8. The lowest BCUT2D eigenvalue weighted by atomic mass is 9.95. The van der Waals surface area contributed by atoms with Gasteiger partial charge in [0.2, 0.25) is 0 Å². The van der Waals surface area contributed by atoms with Crippen LogP contribution in [0.1, 0.15) is 24.2 Å². The van der Waals surface area contributed by atoms with E-state index >= 15 is 0 Å². The molecule has 0 saturated carbocycles. The number of amides is 1. The number of hydrogen-bond acceptors (Lipinski definition) is 3. The van der Waals surface area contributed by atoms with Gasteiger partial charge in [-0.2, -0.15) is 0 Å². The number of hydrogen-bond donors (Lipinski definition) is 0. The zero-order valence-corrected chi connectivity index (χ0v) is 11.1. The zero-order chi connectivity index (χ0) is 13.5. The molecule has 0 bridgehead atoms. The molecule has 4 nitrogen and oxygen atoms in total. The van der Waals surface area contributed by atoms with Gasteiger partial charge in [-0.05, 0) is 13.8 Å². The smallest absolute Gasteiger partial charge is 0.410 e. The van der Waals surface area contributed by atoms with E-state index in [0.717, 1.165) is 5.46 Å². The van der Waals surface area contributed by atoms with Crippen LogP contribution < -0.4 is 5.46 Å². The third kappa shape index (κ3) is 3.91. The van der Waals surface area contributed by atoms with Crippen molar-refractivity contribution in [3.05, 3.63) is 29.8 Å². The Labute approximate surface area is 108 Å². The van der Waals surface area contributed by atoms with E-state index in [4.69, 9.17) is 4.74 Å². The molecule has 0 aromatic heterocycles. The van der Waals surface area contributed by atoms with Crippen LogP contribution in [0.25, 0.3) is 0 Å². The lowest BCUT2D eigenvalue weighted by molar-refractivity contribution is 0.0762. The predicted octanol–water partition coefficient (Wildman–Crippen LogP) is 0.606. The van der Waals surface area contributed by atoms with Gasteiger partial charge in [-0.1, -0.05) is 29.7 Å². The van der Waals surface area contributed by atoms with Gasteiger partial charge in [-0.15, -0.1) is 0 Å².